The van der Waals surface area contributed by atoms with Gasteiger partial charge in [0.15, 0.2) is 0 Å². The minimum absolute atomic E-state index is 0.00306. The number of nitrogens with one attached hydrogen (secondary N) is 1. The SMILES string of the molecule is CCC(C)NC1CC(=O)N(C2CC2)C1=O. The smallest absolute Gasteiger partial charge is 0.247 e. The van der Waals surface area contributed by atoms with E-state index in [1.807, 2.05) is 6.92 Å². The lowest BCUT2D eigenvalue weighted by Crippen LogP contribution is -2.43. The van der Waals surface area contributed by atoms with Crippen molar-refractivity contribution in [2.75, 3.05) is 0 Å². The molecule has 1 saturated heterocycles. The largest absolute Gasteiger partial charge is 0.303 e. The summed E-state index contributed by atoms with van der Waals surface area (Å²) in [6.07, 6.45) is 3.31. The minimum Gasteiger partial charge on any atom is -0.303 e. The van der Waals surface area contributed by atoms with Crippen LogP contribution in [-0.4, -0.2) is 34.8 Å². The Hall–Kier alpha value is -0.900. The summed E-state index contributed by atoms with van der Waals surface area (Å²) < 4.78 is 0. The van der Waals surface area contributed by atoms with Crippen LogP contribution in [0.2, 0.25) is 0 Å². The highest BCUT2D eigenvalue weighted by Gasteiger charge is 2.46. The van der Waals surface area contributed by atoms with E-state index in [9.17, 15) is 9.59 Å². The van der Waals surface area contributed by atoms with Crippen LogP contribution in [0, 0.1) is 0 Å². The van der Waals surface area contributed by atoms with Crippen LogP contribution in [0.5, 0.6) is 0 Å². The Bertz CT molecular complexity index is 286. The van der Waals surface area contributed by atoms with Gasteiger partial charge >= 0.3 is 0 Å². The van der Waals surface area contributed by atoms with Crippen molar-refractivity contribution in [3.05, 3.63) is 0 Å². The standard InChI is InChI=1S/C11H18N2O2/c1-3-7(2)12-9-6-10(14)13(11(9)15)8-4-5-8/h7-9,12H,3-6H2,1-2H3. The Labute approximate surface area is 90.0 Å². The highest BCUT2D eigenvalue weighted by atomic mass is 16.2. The van der Waals surface area contributed by atoms with Crippen LogP contribution in [0.4, 0.5) is 0 Å². The first-order chi connectivity index (χ1) is 7.13. The van der Waals surface area contributed by atoms with Gasteiger partial charge in [0.25, 0.3) is 0 Å². The monoisotopic (exact) mass is 210 g/mol. The molecule has 0 aromatic carbocycles. The average molecular weight is 210 g/mol. The Kier molecular flexibility index (Phi) is 2.78. The van der Waals surface area contributed by atoms with E-state index in [1.54, 1.807) is 0 Å². The highest BCUT2D eigenvalue weighted by Crippen LogP contribution is 2.31. The molecule has 2 aliphatic rings. The van der Waals surface area contributed by atoms with E-state index in [1.165, 1.54) is 4.90 Å². The molecule has 4 heteroatoms. The predicted molar refractivity (Wildman–Crippen MR) is 56.2 cm³/mol. The van der Waals surface area contributed by atoms with Gasteiger partial charge in [0.05, 0.1) is 12.5 Å². The third-order valence-electron chi connectivity index (χ3n) is 3.19. The van der Waals surface area contributed by atoms with Crippen molar-refractivity contribution in [3.63, 3.8) is 0 Å². The third kappa shape index (κ3) is 2.04. The van der Waals surface area contributed by atoms with E-state index >= 15 is 0 Å². The number of hydrogen-bond donors (Lipinski definition) is 1. The van der Waals surface area contributed by atoms with E-state index in [0.717, 1.165) is 19.3 Å². The van der Waals surface area contributed by atoms with Crippen molar-refractivity contribution >= 4 is 11.8 Å². The second kappa shape index (κ2) is 3.93. The van der Waals surface area contributed by atoms with Crippen LogP contribution in [0.15, 0.2) is 0 Å². The Morgan fingerprint density at radius 2 is 2.13 bits per heavy atom. The normalized spacial score (nSPS) is 28.7. The summed E-state index contributed by atoms with van der Waals surface area (Å²) in [6.45, 7) is 4.11. The van der Waals surface area contributed by atoms with Crippen molar-refractivity contribution < 1.29 is 9.59 Å². The van der Waals surface area contributed by atoms with Gasteiger partial charge < -0.3 is 5.32 Å². The average Bonchev–Trinajstić information content (AvgIpc) is 2.97. The molecule has 1 aliphatic carbocycles. The number of carbonyl (C=O) groups is 2. The molecule has 1 aliphatic heterocycles. The molecule has 2 atom stereocenters. The van der Waals surface area contributed by atoms with Gasteiger partial charge in [-0.1, -0.05) is 6.92 Å². The number of imide groups is 1. The van der Waals surface area contributed by atoms with Crippen LogP contribution < -0.4 is 5.32 Å². The molecule has 2 amide bonds. The summed E-state index contributed by atoms with van der Waals surface area (Å²) in [5, 5.41) is 3.21. The summed E-state index contributed by atoms with van der Waals surface area (Å²) in [5.74, 6) is -0.00824. The molecule has 1 heterocycles. The molecule has 2 fully saturated rings. The number of nitrogens with zero attached hydrogens (tertiary/aromatic N) is 1. The van der Waals surface area contributed by atoms with Crippen molar-refractivity contribution in [2.45, 2.75) is 57.7 Å². The van der Waals surface area contributed by atoms with Crippen LogP contribution in [0.3, 0.4) is 0 Å². The molecule has 0 aromatic rings. The summed E-state index contributed by atoms with van der Waals surface area (Å²) in [6, 6.07) is 0.243. The van der Waals surface area contributed by atoms with E-state index < -0.39 is 0 Å². The molecular weight excluding hydrogens is 192 g/mol. The Balaban J connectivity index is 1.98. The molecular formula is C11H18N2O2. The van der Waals surface area contributed by atoms with Crippen LogP contribution in [-0.2, 0) is 9.59 Å². The minimum atomic E-state index is -0.270. The topological polar surface area (TPSA) is 49.4 Å². The lowest BCUT2D eigenvalue weighted by molar-refractivity contribution is -0.139. The molecule has 1 saturated carbocycles. The van der Waals surface area contributed by atoms with Crippen molar-refractivity contribution in [2.24, 2.45) is 0 Å². The van der Waals surface area contributed by atoms with Gasteiger partial charge in [0.2, 0.25) is 11.8 Å². The Morgan fingerprint density at radius 3 is 2.67 bits per heavy atom. The third-order valence-corrected chi connectivity index (χ3v) is 3.19. The molecule has 0 bridgehead atoms. The quantitative estimate of drug-likeness (QED) is 0.694. The summed E-state index contributed by atoms with van der Waals surface area (Å²) in [7, 11) is 0. The Morgan fingerprint density at radius 1 is 1.47 bits per heavy atom. The number of carbonyl (C=O) groups excluding carboxylic acids is 2. The van der Waals surface area contributed by atoms with Crippen LogP contribution in [0.25, 0.3) is 0 Å². The number of rotatable bonds is 4. The van der Waals surface area contributed by atoms with Gasteiger partial charge in [0.1, 0.15) is 0 Å². The fourth-order valence-corrected chi connectivity index (χ4v) is 1.96. The molecule has 84 valence electrons. The van der Waals surface area contributed by atoms with Gasteiger partial charge in [-0.05, 0) is 26.2 Å². The van der Waals surface area contributed by atoms with Crippen molar-refractivity contribution in [1.29, 1.82) is 0 Å². The van der Waals surface area contributed by atoms with E-state index in [4.69, 9.17) is 0 Å². The molecule has 1 N–H and O–H groups in total. The molecule has 0 radical (unpaired) electrons. The van der Waals surface area contributed by atoms with Crippen LogP contribution in [0.1, 0.15) is 39.5 Å². The van der Waals surface area contributed by atoms with Gasteiger partial charge in [-0.2, -0.15) is 0 Å². The van der Waals surface area contributed by atoms with Gasteiger partial charge in [-0.25, -0.2) is 0 Å². The molecule has 2 rings (SSSR count). The zero-order valence-corrected chi connectivity index (χ0v) is 9.32. The van der Waals surface area contributed by atoms with Crippen molar-refractivity contribution in [1.82, 2.24) is 10.2 Å². The fourth-order valence-electron chi connectivity index (χ4n) is 1.96. The van der Waals surface area contributed by atoms with Crippen LogP contribution >= 0.6 is 0 Å². The van der Waals surface area contributed by atoms with Gasteiger partial charge in [-0.15, -0.1) is 0 Å². The zero-order chi connectivity index (χ0) is 11.0. The molecule has 15 heavy (non-hydrogen) atoms. The fraction of sp³-hybridized carbons (Fsp3) is 0.818. The summed E-state index contributed by atoms with van der Waals surface area (Å²) >= 11 is 0. The zero-order valence-electron chi connectivity index (χ0n) is 9.32. The molecule has 0 aromatic heterocycles. The van der Waals surface area contributed by atoms with E-state index in [-0.39, 0.29) is 23.9 Å². The first kappa shape index (κ1) is 10.6. The maximum absolute atomic E-state index is 11.9. The van der Waals surface area contributed by atoms with Gasteiger partial charge in [0, 0.05) is 12.1 Å². The second-order valence-electron chi connectivity index (χ2n) is 4.57. The van der Waals surface area contributed by atoms with Crippen molar-refractivity contribution in [3.8, 4) is 0 Å². The molecule has 4 nitrogen and oxygen atoms in total. The lowest BCUT2D eigenvalue weighted by Gasteiger charge is -2.17. The maximum atomic E-state index is 11.9. The summed E-state index contributed by atoms with van der Waals surface area (Å²) in [4.78, 5) is 25.0. The first-order valence-corrected chi connectivity index (χ1v) is 5.75. The number of hydrogen-bond acceptors (Lipinski definition) is 3. The second-order valence-corrected chi connectivity index (χ2v) is 4.57. The predicted octanol–water partition coefficient (Wildman–Crippen LogP) is 0.664. The highest BCUT2D eigenvalue weighted by molar-refractivity contribution is 6.06. The molecule has 2 unspecified atom stereocenters. The maximum Gasteiger partial charge on any atom is 0.247 e. The first-order valence-electron chi connectivity index (χ1n) is 5.75. The summed E-state index contributed by atoms with van der Waals surface area (Å²) in [5.41, 5.74) is 0. The molecule has 0 spiro atoms. The lowest BCUT2D eigenvalue weighted by atomic mass is 10.2. The van der Waals surface area contributed by atoms with Gasteiger partial charge in [-0.3, -0.25) is 14.5 Å². The number of likely N-dealkylation sites (tertiary alicyclic amines) is 1. The van der Waals surface area contributed by atoms with E-state index in [0.29, 0.717) is 12.5 Å². The number of amides is 2. The van der Waals surface area contributed by atoms with E-state index in [2.05, 4.69) is 12.2 Å².